The van der Waals surface area contributed by atoms with Gasteiger partial charge in [-0.05, 0) is 19.1 Å². The number of esters is 1. The average molecular weight is 406 g/mol. The number of nitrogens with zero attached hydrogens (tertiary/aromatic N) is 3. The van der Waals surface area contributed by atoms with Crippen LogP contribution in [0.3, 0.4) is 0 Å². The van der Waals surface area contributed by atoms with Gasteiger partial charge in [0.15, 0.2) is 12.4 Å². The molecular formula is C20H24ClN3O4. The van der Waals surface area contributed by atoms with Crippen molar-refractivity contribution in [3.8, 4) is 0 Å². The summed E-state index contributed by atoms with van der Waals surface area (Å²) >= 11 is 6.25. The molecule has 3 rings (SSSR count). The van der Waals surface area contributed by atoms with Crippen LogP contribution in [-0.4, -0.2) is 54.7 Å². The second-order valence-corrected chi connectivity index (χ2v) is 7.46. The molecule has 0 spiro atoms. The minimum atomic E-state index is -0.578. The lowest BCUT2D eigenvalue weighted by atomic mass is 10.1. The molecular weight excluding hydrogens is 382 g/mol. The lowest BCUT2D eigenvalue weighted by molar-refractivity contribution is -0.134. The first-order chi connectivity index (χ1) is 13.4. The molecule has 0 bridgehead atoms. The van der Waals surface area contributed by atoms with E-state index in [0.29, 0.717) is 48.2 Å². The number of hydrogen-bond acceptors (Lipinski definition) is 6. The Morgan fingerprint density at radius 2 is 1.89 bits per heavy atom. The van der Waals surface area contributed by atoms with Crippen LogP contribution in [0, 0.1) is 6.92 Å². The summed E-state index contributed by atoms with van der Waals surface area (Å²) in [5.41, 5.74) is 1.74. The zero-order valence-corrected chi connectivity index (χ0v) is 17.0. The molecule has 28 heavy (non-hydrogen) atoms. The number of hydrogen-bond donors (Lipinski definition) is 0. The molecule has 0 aliphatic carbocycles. The maximum Gasteiger partial charge on any atom is 0.344 e. The Kier molecular flexibility index (Phi) is 6.24. The molecule has 1 saturated heterocycles. The number of aryl methyl sites for hydroxylation is 1. The number of aromatic nitrogens is 1. The third-order valence-corrected chi connectivity index (χ3v) is 5.09. The summed E-state index contributed by atoms with van der Waals surface area (Å²) in [5.74, 6) is -0.321. The van der Waals surface area contributed by atoms with Crippen molar-refractivity contribution in [1.82, 2.24) is 10.1 Å². The van der Waals surface area contributed by atoms with E-state index in [1.807, 2.05) is 38.1 Å². The second kappa shape index (κ2) is 8.65. The van der Waals surface area contributed by atoms with Crippen molar-refractivity contribution in [2.75, 3.05) is 37.7 Å². The zero-order valence-electron chi connectivity index (χ0n) is 16.3. The van der Waals surface area contributed by atoms with E-state index in [1.54, 1.807) is 11.8 Å². The predicted octanol–water partition coefficient (Wildman–Crippen LogP) is 3.27. The van der Waals surface area contributed by atoms with Gasteiger partial charge in [-0.2, -0.15) is 0 Å². The van der Waals surface area contributed by atoms with Crippen molar-refractivity contribution in [3.05, 3.63) is 46.3 Å². The van der Waals surface area contributed by atoms with Gasteiger partial charge < -0.3 is 19.1 Å². The van der Waals surface area contributed by atoms with Gasteiger partial charge in [-0.15, -0.1) is 0 Å². The van der Waals surface area contributed by atoms with E-state index < -0.39 is 5.97 Å². The molecule has 1 aliphatic heterocycles. The summed E-state index contributed by atoms with van der Waals surface area (Å²) in [4.78, 5) is 28.7. The fourth-order valence-electron chi connectivity index (χ4n) is 3.23. The van der Waals surface area contributed by atoms with Crippen LogP contribution in [-0.2, 0) is 9.53 Å². The zero-order chi connectivity index (χ0) is 20.3. The summed E-state index contributed by atoms with van der Waals surface area (Å²) in [6.45, 7) is 7.63. The van der Waals surface area contributed by atoms with Gasteiger partial charge in [-0.25, -0.2) is 4.79 Å². The maximum atomic E-state index is 12.5. The van der Waals surface area contributed by atoms with Crippen LogP contribution >= 0.6 is 11.6 Å². The van der Waals surface area contributed by atoms with Crippen molar-refractivity contribution in [2.45, 2.75) is 26.7 Å². The number of benzene rings is 1. The Labute approximate surface area is 169 Å². The van der Waals surface area contributed by atoms with Crippen molar-refractivity contribution < 1.29 is 18.8 Å². The van der Waals surface area contributed by atoms with Gasteiger partial charge in [0.2, 0.25) is 0 Å². The minimum Gasteiger partial charge on any atom is -0.452 e. The van der Waals surface area contributed by atoms with Crippen LogP contribution in [0.15, 0.2) is 28.8 Å². The highest BCUT2D eigenvalue weighted by Gasteiger charge is 2.26. The topological polar surface area (TPSA) is 75.9 Å². The van der Waals surface area contributed by atoms with Gasteiger partial charge in [0, 0.05) is 32.1 Å². The number of anilines is 1. The summed E-state index contributed by atoms with van der Waals surface area (Å²) in [6, 6.07) is 7.65. The molecule has 1 aliphatic rings. The first kappa shape index (κ1) is 20.2. The van der Waals surface area contributed by atoms with Crippen molar-refractivity contribution in [2.24, 2.45) is 0 Å². The second-order valence-electron chi connectivity index (χ2n) is 7.06. The van der Waals surface area contributed by atoms with Crippen LogP contribution in [0.2, 0.25) is 5.02 Å². The molecule has 1 fully saturated rings. The van der Waals surface area contributed by atoms with Gasteiger partial charge in [-0.3, -0.25) is 4.79 Å². The number of para-hydroxylation sites is 1. The average Bonchev–Trinajstić information content (AvgIpc) is 3.08. The normalized spacial score (nSPS) is 14.5. The fraction of sp³-hybridized carbons (Fsp3) is 0.450. The lowest BCUT2D eigenvalue weighted by Gasteiger charge is -2.36. The van der Waals surface area contributed by atoms with Crippen LogP contribution in [0.5, 0.6) is 0 Å². The summed E-state index contributed by atoms with van der Waals surface area (Å²) < 4.78 is 10.4. The molecule has 1 aromatic carbocycles. The summed E-state index contributed by atoms with van der Waals surface area (Å²) in [7, 11) is 0. The van der Waals surface area contributed by atoms with E-state index >= 15 is 0 Å². The highest BCUT2D eigenvalue weighted by molar-refractivity contribution is 6.33. The number of halogens is 1. The molecule has 150 valence electrons. The highest BCUT2D eigenvalue weighted by atomic mass is 35.5. The van der Waals surface area contributed by atoms with E-state index in [4.69, 9.17) is 20.9 Å². The number of piperazine rings is 1. The quantitative estimate of drug-likeness (QED) is 0.710. The van der Waals surface area contributed by atoms with Gasteiger partial charge in [0.25, 0.3) is 5.91 Å². The third kappa shape index (κ3) is 4.30. The van der Waals surface area contributed by atoms with E-state index in [-0.39, 0.29) is 18.4 Å². The fourth-order valence-corrected chi connectivity index (χ4v) is 3.48. The van der Waals surface area contributed by atoms with Crippen molar-refractivity contribution >= 4 is 29.2 Å². The predicted molar refractivity (Wildman–Crippen MR) is 106 cm³/mol. The van der Waals surface area contributed by atoms with Crippen molar-refractivity contribution in [1.29, 1.82) is 0 Å². The Bertz CT molecular complexity index is 857. The van der Waals surface area contributed by atoms with Crippen LogP contribution < -0.4 is 4.90 Å². The van der Waals surface area contributed by atoms with E-state index in [0.717, 1.165) is 5.69 Å². The molecule has 2 heterocycles. The Balaban J connectivity index is 1.53. The van der Waals surface area contributed by atoms with E-state index in [9.17, 15) is 9.59 Å². The number of ether oxygens (including phenoxy) is 1. The van der Waals surface area contributed by atoms with Crippen LogP contribution in [0.4, 0.5) is 5.69 Å². The maximum absolute atomic E-state index is 12.5. The smallest absolute Gasteiger partial charge is 0.344 e. The molecule has 0 saturated carbocycles. The molecule has 7 nitrogen and oxygen atoms in total. The van der Waals surface area contributed by atoms with Crippen LogP contribution in [0.25, 0.3) is 0 Å². The number of amides is 1. The molecule has 0 atom stereocenters. The first-order valence-corrected chi connectivity index (χ1v) is 9.66. The first-order valence-electron chi connectivity index (χ1n) is 9.29. The molecule has 0 N–H and O–H groups in total. The Morgan fingerprint density at radius 3 is 2.54 bits per heavy atom. The summed E-state index contributed by atoms with van der Waals surface area (Å²) in [6.07, 6.45) is 0. The molecule has 1 aromatic heterocycles. The standard InChI is InChI=1S/C20H24ClN3O4/c1-13(2)19-18(14(3)22-28-19)20(26)27-12-17(25)24-10-8-23(9-11-24)16-7-5-4-6-15(16)21/h4-7,13H,8-12H2,1-3H3. The highest BCUT2D eigenvalue weighted by Crippen LogP contribution is 2.26. The van der Waals surface area contributed by atoms with E-state index in [2.05, 4.69) is 10.1 Å². The van der Waals surface area contributed by atoms with E-state index in [1.165, 1.54) is 0 Å². The number of rotatable bonds is 5. The van der Waals surface area contributed by atoms with Crippen molar-refractivity contribution in [3.63, 3.8) is 0 Å². The monoisotopic (exact) mass is 405 g/mol. The largest absolute Gasteiger partial charge is 0.452 e. The number of carbonyl (C=O) groups is 2. The SMILES string of the molecule is Cc1noc(C(C)C)c1C(=O)OCC(=O)N1CCN(c2ccccc2Cl)CC1. The molecule has 0 unspecified atom stereocenters. The Morgan fingerprint density at radius 1 is 1.21 bits per heavy atom. The van der Waals surface area contributed by atoms with Gasteiger partial charge >= 0.3 is 5.97 Å². The summed E-state index contributed by atoms with van der Waals surface area (Å²) in [5, 5.41) is 4.53. The molecule has 0 radical (unpaired) electrons. The molecule has 8 heteroatoms. The third-order valence-electron chi connectivity index (χ3n) is 4.77. The minimum absolute atomic E-state index is 0.00246. The van der Waals surface area contributed by atoms with Gasteiger partial charge in [-0.1, -0.05) is 42.7 Å². The molecule has 1 amide bonds. The lowest BCUT2D eigenvalue weighted by Crippen LogP contribution is -2.50. The van der Waals surface area contributed by atoms with Crippen LogP contribution in [0.1, 0.15) is 41.6 Å². The Hall–Kier alpha value is -2.54. The number of carbonyl (C=O) groups excluding carboxylic acids is 2. The van der Waals surface area contributed by atoms with Gasteiger partial charge in [0.1, 0.15) is 5.56 Å². The van der Waals surface area contributed by atoms with Gasteiger partial charge in [0.05, 0.1) is 16.4 Å². The molecule has 2 aromatic rings.